The van der Waals surface area contributed by atoms with Crippen LogP contribution in [0.5, 0.6) is 0 Å². The minimum atomic E-state index is -1.18. The summed E-state index contributed by atoms with van der Waals surface area (Å²) in [5.41, 5.74) is 1.10. The van der Waals surface area contributed by atoms with Gasteiger partial charge in [0, 0.05) is 5.02 Å². The van der Waals surface area contributed by atoms with Crippen molar-refractivity contribution in [3.63, 3.8) is 0 Å². The smallest absolute Gasteiger partial charge is 0.164 e. The lowest BCUT2D eigenvalue weighted by atomic mass is 10.1. The van der Waals surface area contributed by atoms with E-state index in [-0.39, 0.29) is 6.61 Å². The molecular formula is C12H12Cl2N2O4. The monoisotopic (exact) mass is 318 g/mol. The Balaban J connectivity index is 2.07. The Bertz CT molecular complexity index is 648. The molecular weight excluding hydrogens is 307 g/mol. The molecule has 0 radical (unpaired) electrons. The van der Waals surface area contributed by atoms with Crippen LogP contribution in [0.4, 0.5) is 0 Å². The van der Waals surface area contributed by atoms with Gasteiger partial charge in [0.05, 0.1) is 23.5 Å². The van der Waals surface area contributed by atoms with Crippen LogP contribution >= 0.6 is 23.2 Å². The molecule has 20 heavy (non-hydrogen) atoms. The van der Waals surface area contributed by atoms with Crippen molar-refractivity contribution in [1.82, 2.24) is 9.55 Å². The van der Waals surface area contributed by atoms with Crippen LogP contribution in [0.1, 0.15) is 6.23 Å². The molecule has 2 aromatic rings. The number of hydrogen-bond donors (Lipinski definition) is 3. The zero-order chi connectivity index (χ0) is 14.4. The zero-order valence-corrected chi connectivity index (χ0v) is 11.7. The van der Waals surface area contributed by atoms with Gasteiger partial charge in [0.15, 0.2) is 6.23 Å². The lowest BCUT2D eigenvalue weighted by Gasteiger charge is -2.17. The number of halogens is 2. The molecule has 8 heteroatoms. The van der Waals surface area contributed by atoms with Crippen LogP contribution in [0.25, 0.3) is 11.0 Å². The number of benzene rings is 1. The number of imidazole rings is 1. The highest BCUT2D eigenvalue weighted by molar-refractivity contribution is 6.38. The quantitative estimate of drug-likeness (QED) is 0.767. The predicted octanol–water partition coefficient (Wildman–Crippen LogP) is 0.955. The summed E-state index contributed by atoms with van der Waals surface area (Å²) in [5.74, 6) is 0. The van der Waals surface area contributed by atoms with E-state index in [1.807, 2.05) is 0 Å². The minimum Gasteiger partial charge on any atom is -0.394 e. The van der Waals surface area contributed by atoms with Crippen molar-refractivity contribution >= 4 is 34.2 Å². The largest absolute Gasteiger partial charge is 0.394 e. The average molecular weight is 319 g/mol. The zero-order valence-electron chi connectivity index (χ0n) is 10.1. The van der Waals surface area contributed by atoms with Crippen molar-refractivity contribution in [2.45, 2.75) is 24.5 Å². The Morgan fingerprint density at radius 1 is 1.25 bits per heavy atom. The summed E-state index contributed by atoms with van der Waals surface area (Å²) >= 11 is 12.0. The van der Waals surface area contributed by atoms with Crippen LogP contribution in [0.15, 0.2) is 18.5 Å². The third-order valence-electron chi connectivity index (χ3n) is 3.39. The molecule has 4 atom stereocenters. The Kier molecular flexibility index (Phi) is 3.62. The molecule has 0 bridgehead atoms. The van der Waals surface area contributed by atoms with Gasteiger partial charge in [-0.15, -0.1) is 0 Å². The van der Waals surface area contributed by atoms with E-state index in [0.717, 1.165) is 0 Å². The standard InChI is InChI=1S/C12H12Cl2N2O4/c13-5-1-6(14)9-7(2-5)16(4-15-9)12-11(19)10(18)8(3-17)20-12/h1-2,4,8,10-12,17-19H,3H2/t8-,10-,11-,12-/m1/s1. The maximum atomic E-state index is 10.0. The van der Waals surface area contributed by atoms with Crippen molar-refractivity contribution in [3.05, 3.63) is 28.5 Å². The van der Waals surface area contributed by atoms with E-state index in [4.69, 9.17) is 33.0 Å². The Morgan fingerprint density at radius 3 is 2.65 bits per heavy atom. The number of rotatable bonds is 2. The average Bonchev–Trinajstić information content (AvgIpc) is 2.93. The molecule has 2 heterocycles. The molecule has 6 nitrogen and oxygen atoms in total. The number of ether oxygens (including phenoxy) is 1. The second-order valence-electron chi connectivity index (χ2n) is 4.64. The summed E-state index contributed by atoms with van der Waals surface area (Å²) in [5, 5.41) is 29.7. The molecule has 0 amide bonds. The number of hydrogen-bond acceptors (Lipinski definition) is 5. The van der Waals surface area contributed by atoms with Crippen LogP contribution < -0.4 is 0 Å². The first kappa shape index (κ1) is 14.1. The molecule has 0 saturated carbocycles. The van der Waals surface area contributed by atoms with E-state index in [9.17, 15) is 10.2 Å². The van der Waals surface area contributed by atoms with Crippen LogP contribution in [0.2, 0.25) is 10.0 Å². The first-order valence-corrected chi connectivity index (χ1v) is 6.72. The lowest BCUT2D eigenvalue weighted by molar-refractivity contribution is -0.0508. The summed E-state index contributed by atoms with van der Waals surface area (Å²) in [6.45, 7) is -0.386. The van der Waals surface area contributed by atoms with E-state index in [2.05, 4.69) is 4.98 Å². The van der Waals surface area contributed by atoms with E-state index >= 15 is 0 Å². The maximum absolute atomic E-state index is 10.0. The molecule has 3 N–H and O–H groups in total. The van der Waals surface area contributed by atoms with Crippen molar-refractivity contribution in [2.24, 2.45) is 0 Å². The number of fused-ring (bicyclic) bond motifs is 1. The Labute approximate surface area is 124 Å². The molecule has 108 valence electrons. The Hall–Kier alpha value is -0.890. The Morgan fingerprint density at radius 2 is 2.00 bits per heavy atom. The van der Waals surface area contributed by atoms with E-state index in [1.165, 1.54) is 10.9 Å². The van der Waals surface area contributed by atoms with Gasteiger partial charge in [0.1, 0.15) is 23.8 Å². The molecule has 0 unspecified atom stereocenters. The van der Waals surface area contributed by atoms with Crippen LogP contribution in [0, 0.1) is 0 Å². The fraction of sp³-hybridized carbons (Fsp3) is 0.417. The predicted molar refractivity (Wildman–Crippen MR) is 72.8 cm³/mol. The minimum absolute atomic E-state index is 0.386. The molecule has 1 aliphatic heterocycles. The highest BCUT2D eigenvalue weighted by atomic mass is 35.5. The first-order chi connectivity index (χ1) is 9.52. The molecule has 1 aromatic carbocycles. The number of aromatic nitrogens is 2. The third-order valence-corrected chi connectivity index (χ3v) is 3.90. The number of aliphatic hydroxyl groups is 3. The van der Waals surface area contributed by atoms with E-state index in [1.54, 1.807) is 12.1 Å². The third kappa shape index (κ3) is 2.09. The molecule has 1 aromatic heterocycles. The van der Waals surface area contributed by atoms with Crippen LogP contribution in [-0.2, 0) is 4.74 Å². The fourth-order valence-corrected chi connectivity index (χ4v) is 2.90. The van der Waals surface area contributed by atoms with Crippen LogP contribution in [-0.4, -0.2) is 49.8 Å². The summed E-state index contributed by atoms with van der Waals surface area (Å²) in [7, 11) is 0. The molecule has 0 spiro atoms. The van der Waals surface area contributed by atoms with Crippen LogP contribution in [0.3, 0.4) is 0 Å². The van der Waals surface area contributed by atoms with E-state index < -0.39 is 24.5 Å². The molecule has 0 aliphatic carbocycles. The van der Waals surface area contributed by atoms with Gasteiger partial charge in [-0.1, -0.05) is 23.2 Å². The topological polar surface area (TPSA) is 87.7 Å². The van der Waals surface area contributed by atoms with Gasteiger partial charge < -0.3 is 24.6 Å². The van der Waals surface area contributed by atoms with Gasteiger partial charge in [-0.25, -0.2) is 4.98 Å². The normalized spacial score (nSPS) is 30.2. The molecule has 1 aliphatic rings. The van der Waals surface area contributed by atoms with Crippen molar-refractivity contribution in [1.29, 1.82) is 0 Å². The van der Waals surface area contributed by atoms with Crippen molar-refractivity contribution in [3.8, 4) is 0 Å². The number of aliphatic hydroxyl groups excluding tert-OH is 3. The van der Waals surface area contributed by atoms with Gasteiger partial charge in [-0.2, -0.15) is 0 Å². The van der Waals surface area contributed by atoms with Crippen molar-refractivity contribution in [2.75, 3.05) is 6.61 Å². The van der Waals surface area contributed by atoms with Gasteiger partial charge in [-0.05, 0) is 12.1 Å². The molecule has 1 saturated heterocycles. The second kappa shape index (κ2) is 5.14. The fourth-order valence-electron chi connectivity index (χ4n) is 2.37. The summed E-state index contributed by atoms with van der Waals surface area (Å²) in [6.07, 6.45) is -2.60. The van der Waals surface area contributed by atoms with Gasteiger partial charge in [-0.3, -0.25) is 0 Å². The highest BCUT2D eigenvalue weighted by Crippen LogP contribution is 2.34. The molecule has 3 rings (SSSR count). The molecule has 1 fully saturated rings. The highest BCUT2D eigenvalue weighted by Gasteiger charge is 2.43. The lowest BCUT2D eigenvalue weighted by Crippen LogP contribution is -2.33. The van der Waals surface area contributed by atoms with E-state index in [0.29, 0.717) is 21.1 Å². The number of nitrogens with zero attached hydrogens (tertiary/aromatic N) is 2. The SMILES string of the molecule is OC[C@H]1O[C@@H](n2cnc3c(Cl)cc(Cl)cc32)[C@H](O)[C@@H]1O. The van der Waals surface area contributed by atoms with Gasteiger partial charge in [0.25, 0.3) is 0 Å². The summed E-state index contributed by atoms with van der Waals surface area (Å²) in [6, 6.07) is 3.21. The maximum Gasteiger partial charge on any atom is 0.164 e. The van der Waals surface area contributed by atoms with Crippen molar-refractivity contribution < 1.29 is 20.1 Å². The summed E-state index contributed by atoms with van der Waals surface area (Å²) < 4.78 is 6.99. The summed E-state index contributed by atoms with van der Waals surface area (Å²) in [4.78, 5) is 4.15. The van der Waals surface area contributed by atoms with Gasteiger partial charge in [0.2, 0.25) is 0 Å². The second-order valence-corrected chi connectivity index (χ2v) is 5.48. The first-order valence-electron chi connectivity index (χ1n) is 5.97. The van der Waals surface area contributed by atoms with Gasteiger partial charge >= 0.3 is 0 Å².